The Morgan fingerprint density at radius 2 is 1.87 bits per heavy atom. The van der Waals surface area contributed by atoms with E-state index in [1.165, 1.54) is 5.57 Å². The quantitative estimate of drug-likeness (QED) is 0.122. The molecule has 2 aliphatic heterocycles. The molecule has 1 spiro atoms. The molecule has 0 aromatic heterocycles. The summed E-state index contributed by atoms with van der Waals surface area (Å²) in [6.45, 7) is 7.81. The molecule has 2 N–H and O–H groups in total. The third-order valence-corrected chi connectivity index (χ3v) is 8.94. The molecule has 1 amide bonds. The van der Waals surface area contributed by atoms with Gasteiger partial charge in [0.15, 0.2) is 0 Å². The van der Waals surface area contributed by atoms with E-state index in [-0.39, 0.29) is 65.8 Å². The van der Waals surface area contributed by atoms with Crippen molar-refractivity contribution >= 4 is 18.2 Å². The number of nitrogens with one attached hydrogen (secondary N) is 2. The lowest BCUT2D eigenvalue weighted by molar-refractivity contribution is -0.173. The summed E-state index contributed by atoms with van der Waals surface area (Å²) in [5.41, 5.74) is 0.700. The first-order valence-electron chi connectivity index (χ1n) is 14.3. The van der Waals surface area contributed by atoms with E-state index in [1.54, 1.807) is 7.11 Å². The number of hydrogen-bond acceptors (Lipinski definition) is 8. The molecule has 2 saturated carbocycles. The molecule has 2 heterocycles. The lowest BCUT2D eigenvalue weighted by atomic mass is 9.68. The summed E-state index contributed by atoms with van der Waals surface area (Å²) in [7, 11) is 1.70. The summed E-state index contributed by atoms with van der Waals surface area (Å²) in [5.74, 6) is 0.119. The predicted molar refractivity (Wildman–Crippen MR) is 141 cm³/mol. The van der Waals surface area contributed by atoms with Crippen molar-refractivity contribution in [2.24, 2.45) is 11.8 Å². The minimum Gasteiger partial charge on any atom is -0.460 e. The maximum Gasteiger partial charge on any atom is 0.306 e. The zero-order valence-electron chi connectivity index (χ0n) is 23.5. The van der Waals surface area contributed by atoms with Gasteiger partial charge >= 0.3 is 5.97 Å². The largest absolute Gasteiger partial charge is 0.460 e. The number of allylic oxidation sites excluding steroid dienone is 1. The molecule has 2 aliphatic carbocycles. The summed E-state index contributed by atoms with van der Waals surface area (Å²) >= 11 is 0. The molecule has 2 saturated heterocycles. The predicted octanol–water partition coefficient (Wildman–Crippen LogP) is 2.85. The molecule has 0 bridgehead atoms. The summed E-state index contributed by atoms with van der Waals surface area (Å²) in [6.07, 6.45) is 9.26. The molecular weight excluding hydrogens is 488 g/mol. The van der Waals surface area contributed by atoms with Crippen LogP contribution in [0, 0.1) is 11.8 Å². The number of methoxy groups -OCH3 is 1. The Morgan fingerprint density at radius 1 is 1.13 bits per heavy atom. The molecular formula is C29H46N2O7. The summed E-state index contributed by atoms with van der Waals surface area (Å²) in [5, 5.41) is 5.98. The zero-order valence-corrected chi connectivity index (χ0v) is 23.5. The van der Waals surface area contributed by atoms with Crippen LogP contribution in [0.5, 0.6) is 0 Å². The monoisotopic (exact) mass is 534 g/mol. The van der Waals surface area contributed by atoms with Gasteiger partial charge in [-0.25, -0.2) is 0 Å². The van der Waals surface area contributed by atoms with Gasteiger partial charge in [0, 0.05) is 32.5 Å². The van der Waals surface area contributed by atoms with E-state index >= 15 is 0 Å². The molecule has 9 nitrogen and oxygen atoms in total. The molecule has 0 aromatic rings. The van der Waals surface area contributed by atoms with Crippen molar-refractivity contribution in [3.63, 3.8) is 0 Å². The van der Waals surface area contributed by atoms with E-state index in [9.17, 15) is 14.4 Å². The smallest absolute Gasteiger partial charge is 0.306 e. The second-order valence-electron chi connectivity index (χ2n) is 12.0. The first-order chi connectivity index (χ1) is 18.2. The second kappa shape index (κ2) is 12.6. The fourth-order valence-corrected chi connectivity index (χ4v) is 6.70. The van der Waals surface area contributed by atoms with Crippen molar-refractivity contribution in [3.8, 4) is 0 Å². The maximum atomic E-state index is 13.0. The number of epoxide rings is 2. The molecule has 214 valence electrons. The minimum absolute atomic E-state index is 0.00226. The van der Waals surface area contributed by atoms with Gasteiger partial charge in [0.1, 0.15) is 29.7 Å². The Kier molecular flexibility index (Phi) is 9.66. The van der Waals surface area contributed by atoms with E-state index in [0.29, 0.717) is 26.0 Å². The number of hydrogen-bond donors (Lipinski definition) is 2. The Labute approximate surface area is 226 Å². The van der Waals surface area contributed by atoms with Crippen molar-refractivity contribution in [1.82, 2.24) is 10.6 Å². The highest BCUT2D eigenvalue weighted by atomic mass is 16.6. The van der Waals surface area contributed by atoms with Crippen LogP contribution in [0.25, 0.3) is 0 Å². The van der Waals surface area contributed by atoms with Crippen LogP contribution in [-0.2, 0) is 33.3 Å². The van der Waals surface area contributed by atoms with E-state index in [2.05, 4.69) is 37.5 Å². The van der Waals surface area contributed by atoms with Gasteiger partial charge in [-0.2, -0.15) is 0 Å². The topological polar surface area (TPSA) is 119 Å². The van der Waals surface area contributed by atoms with E-state index in [1.807, 2.05) is 0 Å². The third kappa shape index (κ3) is 7.03. The first-order valence-corrected chi connectivity index (χ1v) is 14.3. The van der Waals surface area contributed by atoms with Gasteiger partial charge in [-0.05, 0) is 71.6 Å². The standard InChI is InChI=1S/C29H46N2O7/c1-19(2)5-10-23-28(3,38-23)27-26(35-4)22(11-13-29(27)18-36-29)37-25(34)17-20-6-8-21(9-7-20)31-24(33)12-14-30-15-16-32/h5,16,20-23,26-27,30H,6-15,17-18H2,1-4H3,(H,31,33)/t20?,21?,22?,23-,26?,27?,28?,29+/m1/s1. The number of ether oxygens (including phenoxy) is 4. The van der Waals surface area contributed by atoms with Crippen LogP contribution in [-0.4, -0.2) is 80.5 Å². The number of carbonyl (C=O) groups is 3. The molecule has 4 fully saturated rings. The molecule has 38 heavy (non-hydrogen) atoms. The van der Waals surface area contributed by atoms with Crippen LogP contribution in [0.2, 0.25) is 0 Å². The molecule has 9 heteroatoms. The van der Waals surface area contributed by atoms with Gasteiger partial charge in [-0.15, -0.1) is 0 Å². The van der Waals surface area contributed by atoms with Crippen LogP contribution >= 0.6 is 0 Å². The Bertz CT molecular complexity index is 876. The highest BCUT2D eigenvalue weighted by molar-refractivity contribution is 5.76. The normalized spacial score (nSPS) is 37.8. The lowest BCUT2D eigenvalue weighted by Gasteiger charge is -2.42. The van der Waals surface area contributed by atoms with E-state index in [4.69, 9.17) is 18.9 Å². The van der Waals surface area contributed by atoms with Gasteiger partial charge in [0.2, 0.25) is 5.91 Å². The molecule has 4 rings (SSSR count). The third-order valence-electron chi connectivity index (χ3n) is 8.94. The van der Waals surface area contributed by atoms with Crippen molar-refractivity contribution in [3.05, 3.63) is 11.6 Å². The van der Waals surface area contributed by atoms with Crippen molar-refractivity contribution in [2.45, 2.75) is 114 Å². The van der Waals surface area contributed by atoms with Crippen molar-refractivity contribution in [2.75, 3.05) is 26.8 Å². The van der Waals surface area contributed by atoms with Gasteiger partial charge in [0.25, 0.3) is 0 Å². The van der Waals surface area contributed by atoms with Crippen LogP contribution in [0.15, 0.2) is 11.6 Å². The van der Waals surface area contributed by atoms with Crippen LogP contribution < -0.4 is 10.6 Å². The van der Waals surface area contributed by atoms with Crippen molar-refractivity contribution < 1.29 is 33.3 Å². The van der Waals surface area contributed by atoms with Gasteiger partial charge < -0.3 is 34.4 Å². The highest BCUT2D eigenvalue weighted by Gasteiger charge is 2.72. The van der Waals surface area contributed by atoms with E-state index < -0.39 is 0 Å². The summed E-state index contributed by atoms with van der Waals surface area (Å²) in [4.78, 5) is 35.5. The molecule has 4 aliphatic rings. The van der Waals surface area contributed by atoms with E-state index in [0.717, 1.165) is 51.2 Å². The maximum absolute atomic E-state index is 13.0. The average Bonchev–Trinajstić information content (AvgIpc) is 3.80. The van der Waals surface area contributed by atoms with Crippen LogP contribution in [0.3, 0.4) is 0 Å². The Hall–Kier alpha value is -1.81. The number of amides is 1. The zero-order chi connectivity index (χ0) is 27.3. The van der Waals surface area contributed by atoms with Gasteiger partial charge in [0.05, 0.1) is 25.2 Å². The molecule has 4 unspecified atom stereocenters. The van der Waals surface area contributed by atoms with Crippen LogP contribution in [0.4, 0.5) is 0 Å². The Balaban J connectivity index is 1.24. The average molecular weight is 535 g/mol. The number of aldehydes is 1. The van der Waals surface area contributed by atoms with Gasteiger partial charge in [-0.1, -0.05) is 11.6 Å². The number of carbonyl (C=O) groups excluding carboxylic acids is 3. The fourth-order valence-electron chi connectivity index (χ4n) is 6.70. The SMILES string of the molecule is COC1C(OC(=O)CC2CCC(NC(=O)CCNCC=O)CC2)CC[C@]2(CO2)C1C1(C)O[C@@H]1CC=C(C)C. The minimum atomic E-state index is -0.346. The Morgan fingerprint density at radius 3 is 2.50 bits per heavy atom. The fraction of sp³-hybridized carbons (Fsp3) is 0.828. The lowest BCUT2D eigenvalue weighted by Crippen LogP contribution is -2.55. The summed E-state index contributed by atoms with van der Waals surface area (Å²) in [6, 6.07) is 0.145. The number of esters is 1. The number of rotatable bonds is 13. The molecule has 0 aromatic carbocycles. The first kappa shape index (κ1) is 29.2. The van der Waals surface area contributed by atoms with Crippen LogP contribution in [0.1, 0.15) is 78.6 Å². The molecule has 0 radical (unpaired) electrons. The summed E-state index contributed by atoms with van der Waals surface area (Å²) < 4.78 is 24.3. The van der Waals surface area contributed by atoms with Gasteiger partial charge in [-0.3, -0.25) is 9.59 Å². The second-order valence-corrected chi connectivity index (χ2v) is 12.0. The molecule has 6 atom stereocenters. The highest BCUT2D eigenvalue weighted by Crippen LogP contribution is 2.59. The van der Waals surface area contributed by atoms with Crippen molar-refractivity contribution in [1.29, 1.82) is 0 Å².